The van der Waals surface area contributed by atoms with Crippen molar-refractivity contribution in [1.29, 1.82) is 0 Å². The Kier molecular flexibility index (Phi) is 5.22. The van der Waals surface area contributed by atoms with Gasteiger partial charge in [-0.15, -0.1) is 11.3 Å². The lowest BCUT2D eigenvalue weighted by molar-refractivity contribution is 0.342. The van der Waals surface area contributed by atoms with E-state index in [1.807, 2.05) is 14.0 Å². The van der Waals surface area contributed by atoms with E-state index in [1.165, 1.54) is 11.3 Å². The largest absolute Gasteiger partial charge is 0.492 e. The third-order valence-electron chi connectivity index (χ3n) is 2.72. The molecule has 0 saturated carbocycles. The van der Waals surface area contributed by atoms with Crippen molar-refractivity contribution in [1.82, 2.24) is 5.32 Å². The van der Waals surface area contributed by atoms with E-state index in [0.717, 1.165) is 4.88 Å². The average molecular weight is 326 g/mol. The van der Waals surface area contributed by atoms with Gasteiger partial charge in [0.2, 0.25) is 0 Å². The van der Waals surface area contributed by atoms with Gasteiger partial charge in [0, 0.05) is 16.8 Å². The molecular weight excluding hydrogens is 308 g/mol. The number of thiophene rings is 1. The maximum atomic E-state index is 12.4. The molecule has 0 amide bonds. The molecule has 1 aromatic heterocycles. The summed E-state index contributed by atoms with van der Waals surface area (Å²) in [5.74, 6) is 0.522. The van der Waals surface area contributed by atoms with Gasteiger partial charge in [0.05, 0.1) is 17.2 Å². The molecule has 0 spiro atoms. The maximum absolute atomic E-state index is 12.4. The van der Waals surface area contributed by atoms with Gasteiger partial charge in [-0.25, -0.2) is 8.42 Å². The second-order valence-corrected chi connectivity index (χ2v) is 6.99. The van der Waals surface area contributed by atoms with Gasteiger partial charge in [-0.3, -0.25) is 4.72 Å². The quantitative estimate of drug-likeness (QED) is 0.821. The third kappa shape index (κ3) is 3.96. The molecular formula is C14H18N2O3S2. The second kappa shape index (κ2) is 6.93. The summed E-state index contributed by atoms with van der Waals surface area (Å²) < 4.78 is 32.8. The molecule has 21 heavy (non-hydrogen) atoms. The van der Waals surface area contributed by atoms with E-state index in [9.17, 15) is 8.42 Å². The van der Waals surface area contributed by atoms with Crippen LogP contribution in [0.4, 0.5) is 5.69 Å². The van der Waals surface area contributed by atoms with Gasteiger partial charge in [-0.2, -0.15) is 0 Å². The summed E-state index contributed by atoms with van der Waals surface area (Å²) in [4.78, 5) is 1.24. The molecule has 0 fully saturated rings. The molecule has 2 N–H and O–H groups in total. The first-order chi connectivity index (χ1) is 10.1. The summed E-state index contributed by atoms with van der Waals surface area (Å²) in [7, 11) is -1.78. The van der Waals surface area contributed by atoms with E-state index < -0.39 is 10.0 Å². The number of para-hydroxylation sites is 2. The van der Waals surface area contributed by atoms with E-state index in [1.54, 1.807) is 35.7 Å². The van der Waals surface area contributed by atoms with Crippen molar-refractivity contribution in [3.63, 3.8) is 0 Å². The highest BCUT2D eigenvalue weighted by atomic mass is 32.2. The third-order valence-corrected chi connectivity index (χ3v) is 5.15. The monoisotopic (exact) mass is 326 g/mol. The zero-order valence-corrected chi connectivity index (χ0v) is 13.6. The number of anilines is 1. The average Bonchev–Trinajstić information content (AvgIpc) is 2.91. The Bertz CT molecular complexity index is 696. The Balaban J connectivity index is 2.24. The van der Waals surface area contributed by atoms with E-state index in [4.69, 9.17) is 4.74 Å². The van der Waals surface area contributed by atoms with Crippen LogP contribution in [0, 0.1) is 0 Å². The van der Waals surface area contributed by atoms with Crippen LogP contribution in [0.3, 0.4) is 0 Å². The van der Waals surface area contributed by atoms with Crippen LogP contribution in [0.2, 0.25) is 0 Å². The molecule has 7 heteroatoms. The molecule has 2 rings (SSSR count). The first-order valence-corrected chi connectivity index (χ1v) is 8.89. The SMILES string of the molecule is CCOc1ccccc1NS(=O)(=O)c1csc(CNC)c1. The van der Waals surface area contributed by atoms with Crippen LogP contribution >= 0.6 is 11.3 Å². The molecule has 0 aliphatic heterocycles. The number of hydrogen-bond acceptors (Lipinski definition) is 5. The Morgan fingerprint density at radius 3 is 2.76 bits per heavy atom. The topological polar surface area (TPSA) is 67.4 Å². The number of nitrogens with one attached hydrogen (secondary N) is 2. The van der Waals surface area contributed by atoms with Gasteiger partial charge < -0.3 is 10.1 Å². The lowest BCUT2D eigenvalue weighted by Gasteiger charge is -2.11. The van der Waals surface area contributed by atoms with Crippen molar-refractivity contribution >= 4 is 27.0 Å². The van der Waals surface area contributed by atoms with Gasteiger partial charge in [0.1, 0.15) is 5.75 Å². The number of ether oxygens (including phenoxy) is 1. The smallest absolute Gasteiger partial charge is 0.262 e. The standard InChI is InChI=1S/C14H18N2O3S2/c1-3-19-14-7-5-4-6-13(14)16-21(17,18)12-8-11(9-15-2)20-10-12/h4-8,10,15-16H,3,9H2,1-2H3. The Labute approximate surface area is 129 Å². The molecule has 5 nitrogen and oxygen atoms in total. The number of rotatable bonds is 7. The van der Waals surface area contributed by atoms with Gasteiger partial charge in [-0.1, -0.05) is 12.1 Å². The number of hydrogen-bond donors (Lipinski definition) is 2. The Hall–Kier alpha value is -1.57. The van der Waals surface area contributed by atoms with Crippen LogP contribution in [-0.2, 0) is 16.6 Å². The van der Waals surface area contributed by atoms with Crippen molar-refractivity contribution < 1.29 is 13.2 Å². The minimum atomic E-state index is -3.60. The highest BCUT2D eigenvalue weighted by molar-refractivity contribution is 7.92. The molecule has 0 bridgehead atoms. The Morgan fingerprint density at radius 2 is 2.05 bits per heavy atom. The molecule has 114 valence electrons. The summed E-state index contributed by atoms with van der Waals surface area (Å²) >= 11 is 1.41. The van der Waals surface area contributed by atoms with Crippen LogP contribution < -0.4 is 14.8 Å². The molecule has 2 aromatic rings. The molecule has 0 atom stereocenters. The van der Waals surface area contributed by atoms with Crippen molar-refractivity contribution in [2.75, 3.05) is 18.4 Å². The lowest BCUT2D eigenvalue weighted by Crippen LogP contribution is -2.13. The molecule has 1 heterocycles. The van der Waals surface area contributed by atoms with Crippen molar-refractivity contribution in [3.8, 4) is 5.75 Å². The van der Waals surface area contributed by atoms with Crippen LogP contribution in [0.1, 0.15) is 11.8 Å². The predicted octanol–water partition coefficient (Wildman–Crippen LogP) is 2.67. The lowest BCUT2D eigenvalue weighted by atomic mass is 10.3. The van der Waals surface area contributed by atoms with E-state index in [2.05, 4.69) is 10.0 Å². The van der Waals surface area contributed by atoms with Crippen molar-refractivity contribution in [2.24, 2.45) is 0 Å². The predicted molar refractivity (Wildman–Crippen MR) is 85.5 cm³/mol. The molecule has 0 saturated heterocycles. The molecule has 0 aliphatic carbocycles. The summed E-state index contributed by atoms with van der Waals surface area (Å²) in [5, 5.41) is 4.64. The summed E-state index contributed by atoms with van der Waals surface area (Å²) in [6.45, 7) is 2.98. The summed E-state index contributed by atoms with van der Waals surface area (Å²) in [5.41, 5.74) is 0.445. The van der Waals surface area contributed by atoms with Crippen molar-refractivity contribution in [2.45, 2.75) is 18.4 Å². The zero-order valence-electron chi connectivity index (χ0n) is 11.9. The second-order valence-electron chi connectivity index (χ2n) is 4.31. The van der Waals surface area contributed by atoms with Crippen LogP contribution in [0.15, 0.2) is 40.6 Å². The number of sulfonamides is 1. The van der Waals surface area contributed by atoms with E-state index >= 15 is 0 Å². The van der Waals surface area contributed by atoms with Crippen molar-refractivity contribution in [3.05, 3.63) is 40.6 Å². The Morgan fingerprint density at radius 1 is 1.29 bits per heavy atom. The summed E-state index contributed by atoms with van der Waals surface area (Å²) in [6.07, 6.45) is 0. The zero-order chi connectivity index (χ0) is 15.3. The van der Waals surface area contributed by atoms with E-state index in [0.29, 0.717) is 24.6 Å². The van der Waals surface area contributed by atoms with Gasteiger partial charge >= 0.3 is 0 Å². The first-order valence-electron chi connectivity index (χ1n) is 6.53. The minimum absolute atomic E-state index is 0.268. The highest BCUT2D eigenvalue weighted by Crippen LogP contribution is 2.28. The van der Waals surface area contributed by atoms with Crippen LogP contribution in [0.5, 0.6) is 5.75 Å². The first kappa shape index (κ1) is 15.8. The van der Waals surface area contributed by atoms with Gasteiger partial charge in [0.25, 0.3) is 10.0 Å². The van der Waals surface area contributed by atoms with Gasteiger partial charge in [-0.05, 0) is 32.2 Å². The van der Waals surface area contributed by atoms with E-state index in [-0.39, 0.29) is 4.90 Å². The fourth-order valence-electron chi connectivity index (χ4n) is 1.80. The molecule has 0 unspecified atom stereocenters. The molecule has 0 aliphatic rings. The normalized spacial score (nSPS) is 11.3. The highest BCUT2D eigenvalue weighted by Gasteiger charge is 2.18. The fraction of sp³-hybridized carbons (Fsp3) is 0.286. The number of benzene rings is 1. The summed E-state index contributed by atoms with van der Waals surface area (Å²) in [6, 6.07) is 8.66. The van der Waals surface area contributed by atoms with Crippen LogP contribution in [-0.4, -0.2) is 22.1 Å². The molecule has 0 radical (unpaired) electrons. The fourth-order valence-corrected chi connectivity index (χ4v) is 4.16. The van der Waals surface area contributed by atoms with Gasteiger partial charge in [0.15, 0.2) is 0 Å². The molecule has 1 aromatic carbocycles. The minimum Gasteiger partial charge on any atom is -0.492 e. The van der Waals surface area contributed by atoms with Crippen LogP contribution in [0.25, 0.3) is 0 Å². The maximum Gasteiger partial charge on any atom is 0.262 e.